The van der Waals surface area contributed by atoms with E-state index in [1.807, 2.05) is 19.9 Å². The van der Waals surface area contributed by atoms with Gasteiger partial charge in [-0.05, 0) is 43.9 Å². The van der Waals surface area contributed by atoms with Gasteiger partial charge < -0.3 is 10.5 Å². The Morgan fingerprint density at radius 1 is 1.10 bits per heavy atom. The molecule has 21 heavy (non-hydrogen) atoms. The van der Waals surface area contributed by atoms with E-state index in [1.54, 1.807) is 0 Å². The molecule has 2 rings (SSSR count). The third kappa shape index (κ3) is 3.42. The number of benzene rings is 1. The van der Waals surface area contributed by atoms with Crippen molar-refractivity contribution >= 4 is 0 Å². The molecular formula is C18H24N2O. The number of nitrogens with zero attached hydrogens (tertiary/aromatic N) is 1. The van der Waals surface area contributed by atoms with Gasteiger partial charge in [-0.2, -0.15) is 0 Å². The van der Waals surface area contributed by atoms with Crippen LogP contribution >= 0.6 is 0 Å². The highest BCUT2D eigenvalue weighted by atomic mass is 16.5. The predicted molar refractivity (Wildman–Crippen MR) is 86.9 cm³/mol. The van der Waals surface area contributed by atoms with Crippen LogP contribution in [0.15, 0.2) is 24.3 Å². The molecule has 0 aliphatic heterocycles. The van der Waals surface area contributed by atoms with Gasteiger partial charge in [0.05, 0.1) is 0 Å². The van der Waals surface area contributed by atoms with Gasteiger partial charge in [0.25, 0.3) is 0 Å². The van der Waals surface area contributed by atoms with Crippen LogP contribution in [0.2, 0.25) is 0 Å². The summed E-state index contributed by atoms with van der Waals surface area (Å²) in [6.45, 7) is 10.8. The Morgan fingerprint density at radius 3 is 2.43 bits per heavy atom. The first-order chi connectivity index (χ1) is 9.92. The molecule has 0 aliphatic rings. The molecule has 0 aliphatic carbocycles. The van der Waals surface area contributed by atoms with E-state index in [9.17, 15) is 0 Å². The molecule has 0 unspecified atom stereocenters. The van der Waals surface area contributed by atoms with Gasteiger partial charge in [-0.15, -0.1) is 0 Å². The summed E-state index contributed by atoms with van der Waals surface area (Å²) in [4.78, 5) is 4.46. The fraction of sp³-hybridized carbons (Fsp3) is 0.389. The predicted octanol–water partition coefficient (Wildman–Crippen LogP) is 4.38. The van der Waals surface area contributed by atoms with E-state index in [0.717, 1.165) is 28.5 Å². The first kappa shape index (κ1) is 15.5. The molecule has 0 saturated heterocycles. The molecule has 2 N–H and O–H groups in total. The number of ether oxygens (including phenoxy) is 1. The Kier molecular flexibility index (Phi) is 4.63. The summed E-state index contributed by atoms with van der Waals surface area (Å²) in [5.41, 5.74) is 11.1. The normalized spacial score (nSPS) is 11.0. The molecule has 3 nitrogen and oxygen atoms in total. The topological polar surface area (TPSA) is 48.1 Å². The maximum atomic E-state index is 6.22. The Hall–Kier alpha value is -1.87. The maximum Gasteiger partial charge on any atom is 0.135 e. The number of hydrogen-bond acceptors (Lipinski definition) is 3. The molecule has 1 aromatic heterocycles. The lowest BCUT2D eigenvalue weighted by molar-refractivity contribution is 0.464. The zero-order valence-electron chi connectivity index (χ0n) is 13.5. The lowest BCUT2D eigenvalue weighted by Crippen LogP contribution is -2.06. The number of nitrogens with two attached hydrogens (primary N) is 1. The Balaban J connectivity index is 2.50. The van der Waals surface area contributed by atoms with Crippen molar-refractivity contribution in [3.05, 3.63) is 52.3 Å². The zero-order chi connectivity index (χ0) is 15.6. The standard InChI is InChI=1S/C18H24N2O/c1-11(2)15-7-6-12(3)8-17(15)21-18-9-13(4)20-14(5)16(18)10-19/h6-9,11H,10,19H2,1-5H3. The van der Waals surface area contributed by atoms with E-state index in [0.29, 0.717) is 12.5 Å². The van der Waals surface area contributed by atoms with Crippen molar-refractivity contribution in [3.8, 4) is 11.5 Å². The molecule has 112 valence electrons. The summed E-state index contributed by atoms with van der Waals surface area (Å²) in [5.74, 6) is 2.13. The maximum absolute atomic E-state index is 6.22. The van der Waals surface area contributed by atoms with E-state index in [4.69, 9.17) is 10.5 Å². The van der Waals surface area contributed by atoms with Crippen LogP contribution in [0.25, 0.3) is 0 Å². The van der Waals surface area contributed by atoms with Gasteiger partial charge in [0, 0.05) is 29.6 Å². The molecule has 1 heterocycles. The largest absolute Gasteiger partial charge is 0.457 e. The van der Waals surface area contributed by atoms with Crippen molar-refractivity contribution in [2.24, 2.45) is 5.73 Å². The van der Waals surface area contributed by atoms with Gasteiger partial charge in [0.2, 0.25) is 0 Å². The summed E-state index contributed by atoms with van der Waals surface area (Å²) < 4.78 is 6.22. The molecule has 2 aromatic rings. The second kappa shape index (κ2) is 6.27. The first-order valence-corrected chi connectivity index (χ1v) is 7.38. The second-order valence-corrected chi connectivity index (χ2v) is 5.83. The van der Waals surface area contributed by atoms with Gasteiger partial charge in [-0.1, -0.05) is 26.0 Å². The van der Waals surface area contributed by atoms with Gasteiger partial charge in [-0.3, -0.25) is 4.98 Å². The number of rotatable bonds is 4. The van der Waals surface area contributed by atoms with E-state index < -0.39 is 0 Å². The fourth-order valence-electron chi connectivity index (χ4n) is 2.48. The molecule has 0 radical (unpaired) electrons. The van der Waals surface area contributed by atoms with Gasteiger partial charge >= 0.3 is 0 Å². The Morgan fingerprint density at radius 2 is 1.81 bits per heavy atom. The number of hydrogen-bond donors (Lipinski definition) is 1. The van der Waals surface area contributed by atoms with Crippen LogP contribution in [0.1, 0.15) is 47.8 Å². The van der Waals surface area contributed by atoms with Crippen molar-refractivity contribution < 1.29 is 4.74 Å². The fourth-order valence-corrected chi connectivity index (χ4v) is 2.48. The van der Waals surface area contributed by atoms with Crippen LogP contribution < -0.4 is 10.5 Å². The average molecular weight is 284 g/mol. The van der Waals surface area contributed by atoms with Crippen LogP contribution in [0.4, 0.5) is 0 Å². The lowest BCUT2D eigenvalue weighted by atomic mass is 10.0. The monoisotopic (exact) mass is 284 g/mol. The van der Waals surface area contributed by atoms with E-state index in [-0.39, 0.29) is 0 Å². The van der Waals surface area contributed by atoms with Crippen LogP contribution in [0, 0.1) is 20.8 Å². The summed E-state index contributed by atoms with van der Waals surface area (Å²) in [5, 5.41) is 0. The minimum Gasteiger partial charge on any atom is -0.457 e. The highest BCUT2D eigenvalue weighted by molar-refractivity contribution is 5.45. The molecular weight excluding hydrogens is 260 g/mol. The summed E-state index contributed by atoms with van der Waals surface area (Å²) in [6.07, 6.45) is 0. The summed E-state index contributed by atoms with van der Waals surface area (Å²) in [7, 11) is 0. The van der Waals surface area contributed by atoms with Crippen LogP contribution in [0.3, 0.4) is 0 Å². The highest BCUT2D eigenvalue weighted by Crippen LogP contribution is 2.33. The van der Waals surface area contributed by atoms with Crippen molar-refractivity contribution in [1.82, 2.24) is 4.98 Å². The smallest absolute Gasteiger partial charge is 0.135 e. The number of aromatic nitrogens is 1. The SMILES string of the molecule is Cc1ccc(C(C)C)c(Oc2cc(C)nc(C)c2CN)c1. The van der Waals surface area contributed by atoms with E-state index in [1.165, 1.54) is 11.1 Å². The van der Waals surface area contributed by atoms with Crippen molar-refractivity contribution in [2.75, 3.05) is 0 Å². The second-order valence-electron chi connectivity index (χ2n) is 5.83. The van der Waals surface area contributed by atoms with Crippen molar-refractivity contribution in [2.45, 2.75) is 47.1 Å². The van der Waals surface area contributed by atoms with Crippen molar-refractivity contribution in [3.63, 3.8) is 0 Å². The summed E-state index contributed by atoms with van der Waals surface area (Å²) >= 11 is 0. The molecule has 0 atom stereocenters. The Labute approximate surface area is 127 Å². The quantitative estimate of drug-likeness (QED) is 0.906. The number of aryl methyl sites for hydroxylation is 3. The van der Waals surface area contributed by atoms with Crippen LogP contribution in [0.5, 0.6) is 11.5 Å². The molecule has 1 aromatic carbocycles. The van der Waals surface area contributed by atoms with Crippen molar-refractivity contribution in [1.29, 1.82) is 0 Å². The third-order valence-electron chi connectivity index (χ3n) is 3.63. The molecule has 3 heteroatoms. The minimum atomic E-state index is 0.408. The molecule has 0 bridgehead atoms. The molecule has 0 amide bonds. The van der Waals surface area contributed by atoms with Gasteiger partial charge in [-0.25, -0.2) is 0 Å². The Bertz CT molecular complexity index is 648. The van der Waals surface area contributed by atoms with E-state index >= 15 is 0 Å². The lowest BCUT2D eigenvalue weighted by Gasteiger charge is -2.17. The third-order valence-corrected chi connectivity index (χ3v) is 3.63. The number of pyridine rings is 1. The highest BCUT2D eigenvalue weighted by Gasteiger charge is 2.13. The zero-order valence-corrected chi connectivity index (χ0v) is 13.5. The average Bonchev–Trinajstić information content (AvgIpc) is 2.37. The van der Waals surface area contributed by atoms with Crippen LogP contribution in [-0.2, 0) is 6.54 Å². The van der Waals surface area contributed by atoms with Crippen LogP contribution in [-0.4, -0.2) is 4.98 Å². The molecule has 0 spiro atoms. The minimum absolute atomic E-state index is 0.408. The summed E-state index contributed by atoms with van der Waals surface area (Å²) in [6, 6.07) is 8.30. The first-order valence-electron chi connectivity index (χ1n) is 7.38. The van der Waals surface area contributed by atoms with E-state index in [2.05, 4.69) is 44.0 Å². The molecule has 0 saturated carbocycles. The van der Waals surface area contributed by atoms with Gasteiger partial charge in [0.15, 0.2) is 0 Å². The molecule has 0 fully saturated rings. The van der Waals surface area contributed by atoms with Gasteiger partial charge in [0.1, 0.15) is 11.5 Å².